The van der Waals surface area contributed by atoms with Crippen LogP contribution >= 0.6 is 43.5 Å². The minimum absolute atomic E-state index is 0.163. The molecule has 0 radical (unpaired) electrons. The fourth-order valence-electron chi connectivity index (χ4n) is 1.91. The molecule has 1 aromatic carbocycles. The van der Waals surface area contributed by atoms with Gasteiger partial charge in [0.2, 0.25) is 0 Å². The molecule has 2 aromatic heterocycles. The Hall–Kier alpha value is -1.50. The quantitative estimate of drug-likeness (QED) is 0.402. The Morgan fingerprint density at radius 2 is 1.58 bits per heavy atom. The van der Waals surface area contributed by atoms with Gasteiger partial charge in [0.1, 0.15) is 6.61 Å². The summed E-state index contributed by atoms with van der Waals surface area (Å²) in [6.07, 6.45) is 4.46. The maximum absolute atomic E-state index is 13.4. The van der Waals surface area contributed by atoms with Gasteiger partial charge in [-0.3, -0.25) is 9.97 Å². The fraction of sp³-hybridized carbons (Fsp3) is 0.158. The molecule has 0 spiro atoms. The Kier molecular flexibility index (Phi) is 8.48. The van der Waals surface area contributed by atoms with Gasteiger partial charge in [-0.2, -0.15) is 0 Å². The van der Waals surface area contributed by atoms with Crippen molar-refractivity contribution >= 4 is 43.5 Å². The largest absolute Gasteiger partial charge is 0.484 e. The number of benzene rings is 1. The van der Waals surface area contributed by atoms with Crippen molar-refractivity contribution in [1.29, 1.82) is 0 Å². The second kappa shape index (κ2) is 10.6. The summed E-state index contributed by atoms with van der Waals surface area (Å²) in [6.45, 7) is 2.30. The van der Waals surface area contributed by atoms with Gasteiger partial charge in [-0.15, -0.1) is 0 Å². The molecule has 26 heavy (non-hydrogen) atoms. The lowest BCUT2D eigenvalue weighted by Crippen LogP contribution is -1.99. The Bertz CT molecular complexity index is 864. The van der Waals surface area contributed by atoms with E-state index in [0.717, 1.165) is 21.1 Å². The number of hydrogen-bond acceptors (Lipinski definition) is 3. The maximum atomic E-state index is 13.4. The van der Waals surface area contributed by atoms with Gasteiger partial charge in [-0.25, -0.2) is 4.39 Å². The van der Waals surface area contributed by atoms with E-state index in [-0.39, 0.29) is 12.4 Å². The minimum Gasteiger partial charge on any atom is -0.484 e. The first-order valence-corrected chi connectivity index (χ1v) is 9.73. The first kappa shape index (κ1) is 20.8. The highest BCUT2D eigenvalue weighted by Crippen LogP contribution is 2.22. The Morgan fingerprint density at radius 1 is 0.962 bits per heavy atom. The highest BCUT2D eigenvalue weighted by atomic mass is 79.9. The predicted molar refractivity (Wildman–Crippen MR) is 109 cm³/mol. The Morgan fingerprint density at radius 3 is 2.12 bits per heavy atom. The van der Waals surface area contributed by atoms with E-state index in [4.69, 9.17) is 16.3 Å². The SMILES string of the molecule is CCc1cc(Br)ccn1.Fc1cc(Cl)ccc1OCc1cc(Br)ccn1. The lowest BCUT2D eigenvalue weighted by atomic mass is 10.3. The van der Waals surface area contributed by atoms with E-state index < -0.39 is 5.82 Å². The number of rotatable bonds is 4. The topological polar surface area (TPSA) is 35.0 Å². The molecule has 0 N–H and O–H groups in total. The molecule has 0 aliphatic rings. The lowest BCUT2D eigenvalue weighted by Gasteiger charge is -2.07. The predicted octanol–water partition coefficient (Wildman–Crippen LogP) is 6.62. The fourth-order valence-corrected chi connectivity index (χ4v) is 2.84. The number of pyridine rings is 2. The van der Waals surface area contributed by atoms with Crippen LogP contribution in [0.1, 0.15) is 18.3 Å². The van der Waals surface area contributed by atoms with Crippen LogP contribution in [0.25, 0.3) is 0 Å². The molecule has 0 saturated carbocycles. The van der Waals surface area contributed by atoms with Gasteiger partial charge < -0.3 is 4.74 Å². The third kappa shape index (κ3) is 7.02. The van der Waals surface area contributed by atoms with E-state index in [2.05, 4.69) is 48.8 Å². The molecule has 0 fully saturated rings. The monoisotopic (exact) mass is 500 g/mol. The zero-order valence-corrected chi connectivity index (χ0v) is 17.9. The summed E-state index contributed by atoms with van der Waals surface area (Å²) < 4.78 is 20.7. The van der Waals surface area contributed by atoms with Crippen LogP contribution in [0.5, 0.6) is 5.75 Å². The molecular formula is C19H16Br2ClFN2O. The zero-order valence-electron chi connectivity index (χ0n) is 13.9. The Labute approximate surface area is 173 Å². The van der Waals surface area contributed by atoms with Crippen molar-refractivity contribution < 1.29 is 9.13 Å². The normalized spacial score (nSPS) is 10.0. The van der Waals surface area contributed by atoms with E-state index in [1.54, 1.807) is 12.3 Å². The van der Waals surface area contributed by atoms with Gasteiger partial charge in [-0.05, 0) is 48.9 Å². The highest BCUT2D eigenvalue weighted by molar-refractivity contribution is 9.10. The van der Waals surface area contributed by atoms with Gasteiger partial charge in [0, 0.05) is 32.1 Å². The van der Waals surface area contributed by atoms with Crippen LogP contribution in [-0.4, -0.2) is 9.97 Å². The summed E-state index contributed by atoms with van der Waals surface area (Å²) in [5, 5.41) is 0.343. The summed E-state index contributed by atoms with van der Waals surface area (Å²) in [7, 11) is 0. The summed E-state index contributed by atoms with van der Waals surface area (Å²) in [5.74, 6) is -0.316. The van der Waals surface area contributed by atoms with Crippen LogP contribution in [0, 0.1) is 5.82 Å². The number of hydrogen-bond donors (Lipinski definition) is 0. The van der Waals surface area contributed by atoms with Gasteiger partial charge in [0.05, 0.1) is 5.69 Å². The van der Waals surface area contributed by atoms with Crippen molar-refractivity contribution in [1.82, 2.24) is 9.97 Å². The van der Waals surface area contributed by atoms with E-state index >= 15 is 0 Å². The molecule has 3 aromatic rings. The lowest BCUT2D eigenvalue weighted by molar-refractivity contribution is 0.286. The number of ether oxygens (including phenoxy) is 1. The molecule has 3 nitrogen and oxygen atoms in total. The maximum Gasteiger partial charge on any atom is 0.166 e. The zero-order chi connectivity index (χ0) is 18.9. The van der Waals surface area contributed by atoms with Crippen molar-refractivity contribution in [3.63, 3.8) is 0 Å². The summed E-state index contributed by atoms with van der Waals surface area (Å²) in [4.78, 5) is 8.23. The first-order chi connectivity index (χ1) is 12.5. The van der Waals surface area contributed by atoms with Crippen LogP contribution in [0.15, 0.2) is 63.8 Å². The molecule has 0 aliphatic carbocycles. The van der Waals surface area contributed by atoms with Gasteiger partial charge in [-0.1, -0.05) is 50.4 Å². The average molecular weight is 503 g/mol. The third-order valence-corrected chi connectivity index (χ3v) is 4.41. The van der Waals surface area contributed by atoms with Crippen LogP contribution in [0.4, 0.5) is 4.39 Å². The Balaban J connectivity index is 0.000000228. The van der Waals surface area contributed by atoms with E-state index in [1.165, 1.54) is 12.1 Å². The average Bonchev–Trinajstić information content (AvgIpc) is 2.61. The molecule has 0 aliphatic heterocycles. The molecule has 136 valence electrons. The van der Waals surface area contributed by atoms with Crippen molar-refractivity contribution in [2.45, 2.75) is 20.0 Å². The number of aromatic nitrogens is 2. The second-order valence-electron chi connectivity index (χ2n) is 5.15. The standard InChI is InChI=1S/C12H8BrClFNO.C7H8BrN/c13-8-3-4-16-10(5-8)7-17-12-2-1-9(14)6-11(12)15;1-2-7-5-6(8)3-4-9-7/h1-6H,7H2;3-5H,2H2,1H3. The van der Waals surface area contributed by atoms with E-state index in [0.29, 0.717) is 10.7 Å². The molecule has 0 amide bonds. The molecule has 0 unspecified atom stereocenters. The first-order valence-electron chi connectivity index (χ1n) is 7.76. The van der Waals surface area contributed by atoms with Crippen LogP contribution in [0.3, 0.4) is 0 Å². The smallest absolute Gasteiger partial charge is 0.166 e. The second-order valence-corrected chi connectivity index (χ2v) is 7.42. The molecular weight excluding hydrogens is 486 g/mol. The number of aryl methyl sites for hydroxylation is 1. The van der Waals surface area contributed by atoms with E-state index in [9.17, 15) is 4.39 Å². The summed E-state index contributed by atoms with van der Waals surface area (Å²) >= 11 is 12.3. The third-order valence-electron chi connectivity index (χ3n) is 3.19. The highest BCUT2D eigenvalue weighted by Gasteiger charge is 2.05. The summed E-state index contributed by atoms with van der Waals surface area (Å²) in [6, 6.07) is 11.9. The van der Waals surface area contributed by atoms with E-state index in [1.807, 2.05) is 30.5 Å². The van der Waals surface area contributed by atoms with Crippen LogP contribution in [0.2, 0.25) is 5.02 Å². The number of nitrogens with zero attached hydrogens (tertiary/aromatic N) is 2. The van der Waals surface area contributed by atoms with Crippen molar-refractivity contribution in [3.8, 4) is 5.75 Å². The van der Waals surface area contributed by atoms with Crippen molar-refractivity contribution in [3.05, 3.63) is 86.0 Å². The summed E-state index contributed by atoms with van der Waals surface area (Å²) in [5.41, 5.74) is 1.85. The number of halogens is 4. The molecule has 3 rings (SSSR count). The van der Waals surface area contributed by atoms with Crippen molar-refractivity contribution in [2.75, 3.05) is 0 Å². The molecule has 0 bridgehead atoms. The molecule has 7 heteroatoms. The van der Waals surface area contributed by atoms with Crippen molar-refractivity contribution in [2.24, 2.45) is 0 Å². The minimum atomic E-state index is -0.479. The van der Waals surface area contributed by atoms with Gasteiger partial charge >= 0.3 is 0 Å². The molecule has 2 heterocycles. The van der Waals surface area contributed by atoms with Crippen LogP contribution in [-0.2, 0) is 13.0 Å². The van der Waals surface area contributed by atoms with Gasteiger partial charge in [0.25, 0.3) is 0 Å². The van der Waals surface area contributed by atoms with Crippen LogP contribution < -0.4 is 4.74 Å². The molecule has 0 saturated heterocycles. The molecule has 0 atom stereocenters. The van der Waals surface area contributed by atoms with Gasteiger partial charge in [0.15, 0.2) is 11.6 Å².